The van der Waals surface area contributed by atoms with E-state index in [9.17, 15) is 14.4 Å². The van der Waals surface area contributed by atoms with E-state index in [-0.39, 0.29) is 22.2 Å². The number of thioether (sulfide) groups is 1. The fourth-order valence-corrected chi connectivity index (χ4v) is 7.19. The van der Waals surface area contributed by atoms with Gasteiger partial charge in [0, 0.05) is 39.0 Å². The highest BCUT2D eigenvalue weighted by molar-refractivity contribution is 7.98. The van der Waals surface area contributed by atoms with Crippen LogP contribution in [0.5, 0.6) is 0 Å². The second-order valence-corrected chi connectivity index (χ2v) is 12.2. The highest BCUT2D eigenvalue weighted by atomic mass is 35.5. The normalized spacial score (nSPS) is 17.3. The van der Waals surface area contributed by atoms with Gasteiger partial charge in [0.25, 0.3) is 0 Å². The van der Waals surface area contributed by atoms with Crippen molar-refractivity contribution in [1.82, 2.24) is 0 Å². The van der Waals surface area contributed by atoms with Crippen LogP contribution in [0.3, 0.4) is 0 Å². The second kappa shape index (κ2) is 11.5. The van der Waals surface area contributed by atoms with Gasteiger partial charge in [-0.1, -0.05) is 52.5 Å². The molecular weight excluding hydrogens is 588 g/mol. The number of carbonyl (C=O) groups excluding carboxylic acids is 1. The molecule has 1 heterocycles. The van der Waals surface area contributed by atoms with Gasteiger partial charge in [-0.15, -0.1) is 11.8 Å². The van der Waals surface area contributed by atoms with Gasteiger partial charge in [0.2, 0.25) is 0 Å². The smallest absolute Gasteiger partial charge is 0.161 e. The molecule has 0 amide bonds. The van der Waals surface area contributed by atoms with Gasteiger partial charge in [-0.05, 0) is 79.8 Å². The van der Waals surface area contributed by atoms with Crippen LogP contribution in [0.25, 0.3) is 0 Å². The van der Waals surface area contributed by atoms with Crippen molar-refractivity contribution in [3.8, 4) is 6.07 Å². The first-order chi connectivity index (χ1) is 19.1. The van der Waals surface area contributed by atoms with Gasteiger partial charge < -0.3 is 5.73 Å². The van der Waals surface area contributed by atoms with E-state index < -0.39 is 11.7 Å². The summed E-state index contributed by atoms with van der Waals surface area (Å²) in [7, 11) is 0. The molecule has 0 saturated carbocycles. The van der Waals surface area contributed by atoms with E-state index in [1.54, 1.807) is 34.9 Å². The van der Waals surface area contributed by atoms with Gasteiger partial charge in [-0.2, -0.15) is 5.26 Å². The van der Waals surface area contributed by atoms with Crippen molar-refractivity contribution in [1.29, 1.82) is 5.26 Å². The second-order valence-electron chi connectivity index (χ2n) is 9.92. The molecule has 0 aromatic heterocycles. The fraction of sp³-hybridized carbons (Fsp3) is 0.226. The van der Waals surface area contributed by atoms with Crippen molar-refractivity contribution >= 4 is 58.0 Å². The zero-order valence-electron chi connectivity index (χ0n) is 21.8. The number of nitrogens with two attached hydrogens (primary N) is 1. The zero-order chi connectivity index (χ0) is 28.7. The number of rotatable bonds is 5. The molecule has 1 aliphatic heterocycles. The minimum absolute atomic E-state index is 0.0211. The van der Waals surface area contributed by atoms with Crippen molar-refractivity contribution in [2.75, 3.05) is 4.90 Å². The molecule has 0 saturated heterocycles. The van der Waals surface area contributed by atoms with E-state index in [0.717, 1.165) is 32.8 Å². The van der Waals surface area contributed by atoms with Gasteiger partial charge in [0.05, 0.1) is 27.6 Å². The Kier molecular flexibility index (Phi) is 8.22. The topological polar surface area (TPSA) is 70.1 Å². The number of nitrogens with zero attached hydrogens (tertiary/aromatic N) is 2. The van der Waals surface area contributed by atoms with Crippen LogP contribution in [-0.4, -0.2) is 5.78 Å². The van der Waals surface area contributed by atoms with Crippen LogP contribution in [0.1, 0.15) is 47.4 Å². The third-order valence-corrected chi connectivity index (χ3v) is 9.43. The lowest BCUT2D eigenvalue weighted by atomic mass is 9.73. The van der Waals surface area contributed by atoms with Gasteiger partial charge in [0.15, 0.2) is 5.78 Å². The first-order valence-electron chi connectivity index (χ1n) is 12.7. The summed E-state index contributed by atoms with van der Waals surface area (Å²) in [5.74, 6) is -0.358. The maximum atomic E-state index is 14.0. The number of hydrogen-bond acceptors (Lipinski definition) is 5. The van der Waals surface area contributed by atoms with Crippen molar-refractivity contribution in [3.63, 3.8) is 0 Å². The maximum absolute atomic E-state index is 14.0. The summed E-state index contributed by atoms with van der Waals surface area (Å²) in [6.45, 7) is 4.01. The molecule has 9 heteroatoms. The number of hydrogen-bond donors (Lipinski definition) is 1. The molecule has 2 aliphatic rings. The summed E-state index contributed by atoms with van der Waals surface area (Å²) in [5.41, 5.74) is 12.7. The third-order valence-electron chi connectivity index (χ3n) is 7.36. The number of halogens is 4. The molecular formula is C31H25Cl3FN3OS. The van der Waals surface area contributed by atoms with E-state index in [2.05, 4.69) is 12.1 Å². The van der Waals surface area contributed by atoms with Gasteiger partial charge >= 0.3 is 0 Å². The van der Waals surface area contributed by atoms with Crippen LogP contribution in [-0.2, 0) is 10.5 Å². The van der Waals surface area contributed by atoms with Crippen molar-refractivity contribution in [2.45, 2.75) is 49.7 Å². The number of carbonyl (C=O) groups is 1. The molecule has 4 nitrogen and oxygen atoms in total. The Morgan fingerprint density at radius 2 is 1.85 bits per heavy atom. The monoisotopic (exact) mass is 611 g/mol. The zero-order valence-corrected chi connectivity index (χ0v) is 24.9. The van der Waals surface area contributed by atoms with Crippen molar-refractivity contribution in [3.05, 3.63) is 114 Å². The number of aryl methyl sites for hydroxylation is 1. The van der Waals surface area contributed by atoms with Crippen LogP contribution in [0, 0.1) is 31.0 Å². The highest BCUT2D eigenvalue weighted by Crippen LogP contribution is 2.48. The summed E-state index contributed by atoms with van der Waals surface area (Å²) in [6.07, 6.45) is 1.62. The first-order valence-corrected chi connectivity index (χ1v) is 14.8. The van der Waals surface area contributed by atoms with E-state index >= 15 is 0 Å². The first kappa shape index (κ1) is 28.6. The molecule has 0 spiro atoms. The minimum Gasteiger partial charge on any atom is -0.384 e. The number of anilines is 1. The Morgan fingerprint density at radius 1 is 1.07 bits per heavy atom. The van der Waals surface area contributed by atoms with Crippen molar-refractivity contribution in [2.24, 2.45) is 5.73 Å². The SMILES string of the molecule is Cc1cc(CSc2cc(Cl)ccc2Cl)c(C)c(C2C(C#N)=C(N)N(c3ccc(F)c(Cl)c3)C3=C2C(=O)CCC3)c1. The Bertz CT molecular complexity index is 1660. The predicted molar refractivity (Wildman–Crippen MR) is 161 cm³/mol. The third kappa shape index (κ3) is 5.24. The van der Waals surface area contributed by atoms with E-state index in [1.807, 2.05) is 26.0 Å². The number of Topliss-reactive ketones (excluding diaryl/α,β-unsaturated/α-hetero) is 1. The van der Waals surface area contributed by atoms with Crippen LogP contribution < -0.4 is 10.6 Å². The molecule has 0 radical (unpaired) electrons. The molecule has 5 rings (SSSR count). The number of ketones is 1. The largest absolute Gasteiger partial charge is 0.384 e. The maximum Gasteiger partial charge on any atom is 0.161 e. The lowest BCUT2D eigenvalue weighted by Crippen LogP contribution is -2.39. The van der Waals surface area contributed by atoms with Gasteiger partial charge in [-0.3, -0.25) is 9.69 Å². The van der Waals surface area contributed by atoms with E-state index in [0.29, 0.717) is 46.3 Å². The fourth-order valence-electron chi connectivity index (χ4n) is 5.47. The molecule has 204 valence electrons. The molecule has 1 atom stereocenters. The number of nitriles is 1. The van der Waals surface area contributed by atoms with Crippen LogP contribution in [0.15, 0.2) is 76.1 Å². The standard InChI is InChI=1S/C31H25Cl3FN3OS/c1-16-10-18(15-40-28-12-19(32)6-8-23(28)33)17(2)21(11-16)29-22(14-36)31(37)38(20-7-9-25(35)24(34)13-20)26-4-3-5-27(39)30(26)29/h6-13,29H,3-5,15,37H2,1-2H3. The molecule has 0 bridgehead atoms. The van der Waals surface area contributed by atoms with Crippen LogP contribution >= 0.6 is 46.6 Å². The predicted octanol–water partition coefficient (Wildman–Crippen LogP) is 9.00. The molecule has 2 N–H and O–H groups in total. The summed E-state index contributed by atoms with van der Waals surface area (Å²) in [5, 5.41) is 11.6. The van der Waals surface area contributed by atoms with Crippen molar-refractivity contribution < 1.29 is 9.18 Å². The van der Waals surface area contributed by atoms with E-state index in [4.69, 9.17) is 40.5 Å². The molecule has 1 unspecified atom stereocenters. The minimum atomic E-state index is -0.613. The van der Waals surface area contributed by atoms with Gasteiger partial charge in [0.1, 0.15) is 11.6 Å². The Balaban J connectivity index is 1.64. The van der Waals surface area contributed by atoms with E-state index in [1.165, 1.54) is 12.1 Å². The number of benzene rings is 3. The summed E-state index contributed by atoms with van der Waals surface area (Å²) >= 11 is 20.3. The molecule has 3 aromatic carbocycles. The molecule has 3 aromatic rings. The Labute approximate surface area is 252 Å². The molecule has 1 aliphatic carbocycles. The Hall–Kier alpha value is -2.95. The molecule has 40 heavy (non-hydrogen) atoms. The van der Waals surface area contributed by atoms with Crippen LogP contribution in [0.4, 0.5) is 10.1 Å². The van der Waals surface area contributed by atoms with Crippen LogP contribution in [0.2, 0.25) is 15.1 Å². The quantitative estimate of drug-likeness (QED) is 0.291. The summed E-state index contributed by atoms with van der Waals surface area (Å²) in [4.78, 5) is 16.1. The summed E-state index contributed by atoms with van der Waals surface area (Å²) < 4.78 is 14.0. The molecule has 0 fully saturated rings. The lowest BCUT2D eigenvalue weighted by Gasteiger charge is -2.40. The lowest BCUT2D eigenvalue weighted by molar-refractivity contribution is -0.116. The highest BCUT2D eigenvalue weighted by Gasteiger charge is 2.41. The van der Waals surface area contributed by atoms with Gasteiger partial charge in [-0.25, -0.2) is 4.39 Å². The average molecular weight is 613 g/mol. The Morgan fingerprint density at radius 3 is 2.58 bits per heavy atom. The number of allylic oxidation sites excluding steroid dienone is 3. The average Bonchev–Trinajstić information content (AvgIpc) is 2.92. The summed E-state index contributed by atoms with van der Waals surface area (Å²) in [6, 6.07) is 16.1.